The minimum Gasteiger partial charge on any atom is -0.478 e. The molecule has 3 nitrogen and oxygen atoms in total. The molecule has 0 atom stereocenters. The number of aliphatic carboxylic acids is 1. The molecule has 0 aliphatic carbocycles. The van der Waals surface area contributed by atoms with Crippen LogP contribution in [0.15, 0.2) is 24.4 Å². The van der Waals surface area contributed by atoms with Gasteiger partial charge in [-0.25, -0.2) is 4.79 Å². The van der Waals surface area contributed by atoms with E-state index in [1.807, 2.05) is 0 Å². The van der Waals surface area contributed by atoms with Gasteiger partial charge in [0.2, 0.25) is 0 Å². The lowest BCUT2D eigenvalue weighted by Gasteiger charge is -2.11. The summed E-state index contributed by atoms with van der Waals surface area (Å²) in [6.07, 6.45) is -3.35. The number of hydrogen-bond donors (Lipinski definition) is 1. The first kappa shape index (κ1) is 12.2. The van der Waals surface area contributed by atoms with Crippen molar-refractivity contribution in [2.45, 2.75) is 13.1 Å². The molecule has 0 saturated carbocycles. The van der Waals surface area contributed by atoms with E-state index in [1.54, 1.807) is 0 Å². The second-order valence-corrected chi connectivity index (χ2v) is 3.08. The minimum absolute atomic E-state index is 0.148. The summed E-state index contributed by atoms with van der Waals surface area (Å²) in [6.45, 7) is 1.53. The number of carbonyl (C=O) groups is 1. The molecule has 16 heavy (non-hydrogen) atoms. The highest BCUT2D eigenvalue weighted by Gasteiger charge is 2.35. The van der Waals surface area contributed by atoms with Gasteiger partial charge in [-0.1, -0.05) is 0 Å². The van der Waals surface area contributed by atoms with Crippen molar-refractivity contribution in [2.24, 2.45) is 0 Å². The molecule has 6 heteroatoms. The number of carboxylic acid groups (broad SMARTS) is 1. The summed E-state index contributed by atoms with van der Waals surface area (Å²) in [5.74, 6) is -1.64. The van der Waals surface area contributed by atoms with E-state index in [9.17, 15) is 18.0 Å². The molecular weight excluding hydrogens is 223 g/mol. The molecule has 0 radical (unpaired) electrons. The lowest BCUT2D eigenvalue weighted by molar-refractivity contribution is -0.131. The van der Waals surface area contributed by atoms with E-state index in [0.717, 1.165) is 6.07 Å². The molecule has 0 aromatic carbocycles. The van der Waals surface area contributed by atoms with Crippen molar-refractivity contribution in [2.75, 3.05) is 0 Å². The topological polar surface area (TPSA) is 50.2 Å². The molecule has 1 rings (SSSR count). The molecule has 1 aromatic heterocycles. The molecule has 1 aromatic rings. The van der Waals surface area contributed by atoms with Crippen LogP contribution < -0.4 is 0 Å². The molecule has 0 aliphatic heterocycles. The first-order valence-electron chi connectivity index (χ1n) is 4.25. The summed E-state index contributed by atoms with van der Waals surface area (Å²) in [6, 6.07) is 2.30. The van der Waals surface area contributed by atoms with Crippen LogP contribution in [0.4, 0.5) is 13.2 Å². The van der Waals surface area contributed by atoms with Gasteiger partial charge in [0, 0.05) is 18.0 Å². The maximum absolute atomic E-state index is 12.5. The number of allylic oxidation sites excluding steroid dienone is 1. The van der Waals surface area contributed by atoms with Gasteiger partial charge in [0.15, 0.2) is 0 Å². The van der Waals surface area contributed by atoms with Crippen molar-refractivity contribution in [3.63, 3.8) is 0 Å². The van der Waals surface area contributed by atoms with Crippen LogP contribution in [0.5, 0.6) is 0 Å². The smallest absolute Gasteiger partial charge is 0.417 e. The fourth-order valence-corrected chi connectivity index (χ4v) is 1.17. The molecule has 0 aliphatic rings. The number of halogens is 3. The second-order valence-electron chi connectivity index (χ2n) is 3.08. The largest absolute Gasteiger partial charge is 0.478 e. The highest BCUT2D eigenvalue weighted by Crippen LogP contribution is 2.33. The van der Waals surface area contributed by atoms with Crippen LogP contribution in [0.25, 0.3) is 5.57 Å². The van der Waals surface area contributed by atoms with Crippen LogP contribution in [0.2, 0.25) is 0 Å². The highest BCUT2D eigenvalue weighted by atomic mass is 19.4. The zero-order chi connectivity index (χ0) is 12.3. The van der Waals surface area contributed by atoms with Crippen molar-refractivity contribution < 1.29 is 23.1 Å². The van der Waals surface area contributed by atoms with Gasteiger partial charge in [-0.15, -0.1) is 0 Å². The van der Waals surface area contributed by atoms with Gasteiger partial charge < -0.3 is 5.11 Å². The molecule has 0 spiro atoms. The van der Waals surface area contributed by atoms with Crippen LogP contribution in [-0.2, 0) is 4.79 Å². The van der Waals surface area contributed by atoms with E-state index in [0.29, 0.717) is 5.69 Å². The van der Waals surface area contributed by atoms with E-state index >= 15 is 0 Å². The number of nitrogens with zero attached hydrogens (tertiary/aromatic N) is 1. The molecule has 0 saturated heterocycles. The normalized spacial score (nSPS) is 12.6. The minimum atomic E-state index is -4.70. The van der Waals surface area contributed by atoms with Gasteiger partial charge in [0.25, 0.3) is 0 Å². The van der Waals surface area contributed by atoms with Gasteiger partial charge >= 0.3 is 12.1 Å². The van der Waals surface area contributed by atoms with Crippen molar-refractivity contribution >= 4 is 11.5 Å². The Labute approximate surface area is 89.2 Å². The third-order valence-electron chi connectivity index (χ3n) is 1.78. The first-order valence-corrected chi connectivity index (χ1v) is 4.25. The zero-order valence-electron chi connectivity index (χ0n) is 8.25. The molecule has 0 bridgehead atoms. The van der Waals surface area contributed by atoms with E-state index < -0.39 is 17.7 Å². The van der Waals surface area contributed by atoms with Crippen molar-refractivity contribution in [1.82, 2.24) is 4.98 Å². The molecule has 1 heterocycles. The van der Waals surface area contributed by atoms with Crippen LogP contribution in [0, 0.1) is 6.92 Å². The third-order valence-corrected chi connectivity index (χ3v) is 1.78. The Morgan fingerprint density at radius 3 is 2.56 bits per heavy atom. The summed E-state index contributed by atoms with van der Waals surface area (Å²) < 4.78 is 37.6. The average molecular weight is 231 g/mol. The lowest BCUT2D eigenvalue weighted by Crippen LogP contribution is -2.12. The Bertz CT molecular complexity index is 438. The number of pyridine rings is 1. The van der Waals surface area contributed by atoms with E-state index in [4.69, 9.17) is 5.11 Å². The molecule has 0 amide bonds. The van der Waals surface area contributed by atoms with E-state index in [1.165, 1.54) is 19.2 Å². The maximum Gasteiger partial charge on any atom is 0.417 e. The number of carboxylic acids is 1. The van der Waals surface area contributed by atoms with Crippen LogP contribution >= 0.6 is 0 Å². The quantitative estimate of drug-likeness (QED) is 0.795. The standard InChI is InChI=1S/C10H8F3NO2/c1-6-4-7(2-3-14-6)8(5-9(15)16)10(11,12)13/h2-5H,1H3,(H,15,16)/b8-5-. The van der Waals surface area contributed by atoms with Gasteiger partial charge in [-0.05, 0) is 24.6 Å². The van der Waals surface area contributed by atoms with Gasteiger partial charge in [0.05, 0.1) is 5.57 Å². The Kier molecular flexibility index (Phi) is 3.31. The van der Waals surface area contributed by atoms with Crippen molar-refractivity contribution in [3.05, 3.63) is 35.7 Å². The van der Waals surface area contributed by atoms with E-state index in [-0.39, 0.29) is 11.6 Å². The van der Waals surface area contributed by atoms with Gasteiger partial charge in [-0.2, -0.15) is 13.2 Å². The van der Waals surface area contributed by atoms with Crippen LogP contribution in [-0.4, -0.2) is 22.2 Å². The predicted molar refractivity (Wildman–Crippen MR) is 50.6 cm³/mol. The van der Waals surface area contributed by atoms with E-state index in [2.05, 4.69) is 4.98 Å². The summed E-state index contributed by atoms with van der Waals surface area (Å²) in [7, 11) is 0. The number of rotatable bonds is 2. The van der Waals surface area contributed by atoms with Crippen LogP contribution in [0.1, 0.15) is 11.3 Å². The first-order chi connectivity index (χ1) is 7.30. The number of aromatic nitrogens is 1. The maximum atomic E-state index is 12.5. The molecule has 0 fully saturated rings. The Morgan fingerprint density at radius 1 is 1.50 bits per heavy atom. The fourth-order valence-electron chi connectivity index (χ4n) is 1.17. The third kappa shape index (κ3) is 3.08. The summed E-state index contributed by atoms with van der Waals surface area (Å²) in [4.78, 5) is 14.1. The molecule has 1 N–H and O–H groups in total. The molecule has 0 unspecified atom stereocenters. The monoisotopic (exact) mass is 231 g/mol. The van der Waals surface area contributed by atoms with Crippen molar-refractivity contribution in [1.29, 1.82) is 0 Å². The number of alkyl halides is 3. The molecular formula is C10H8F3NO2. The van der Waals surface area contributed by atoms with Crippen LogP contribution in [0.3, 0.4) is 0 Å². The van der Waals surface area contributed by atoms with Crippen molar-refractivity contribution in [3.8, 4) is 0 Å². The zero-order valence-corrected chi connectivity index (χ0v) is 8.25. The second kappa shape index (κ2) is 4.34. The molecule has 86 valence electrons. The fraction of sp³-hybridized carbons (Fsp3) is 0.200. The van der Waals surface area contributed by atoms with Gasteiger partial charge in [0.1, 0.15) is 0 Å². The Morgan fingerprint density at radius 2 is 2.12 bits per heavy atom. The summed E-state index contributed by atoms with van der Waals surface area (Å²) in [5.41, 5.74) is -1.01. The SMILES string of the molecule is Cc1cc(/C(=C/C(=O)O)C(F)(F)F)ccn1. The number of aryl methyl sites for hydroxylation is 1. The van der Waals surface area contributed by atoms with Gasteiger partial charge in [-0.3, -0.25) is 4.98 Å². The average Bonchev–Trinajstić information content (AvgIpc) is 2.12. The highest BCUT2D eigenvalue weighted by molar-refractivity contribution is 5.91. The predicted octanol–water partition coefficient (Wildman–Crippen LogP) is 2.42. The number of hydrogen-bond acceptors (Lipinski definition) is 2. The Hall–Kier alpha value is -1.85. The Balaban J connectivity index is 3.28. The summed E-state index contributed by atoms with van der Waals surface area (Å²) >= 11 is 0. The lowest BCUT2D eigenvalue weighted by atomic mass is 10.1. The summed E-state index contributed by atoms with van der Waals surface area (Å²) in [5, 5.41) is 8.39.